The summed E-state index contributed by atoms with van der Waals surface area (Å²) in [7, 11) is 1.46. The average molecular weight is 260 g/mol. The molecule has 0 aromatic heterocycles. The molecule has 0 aliphatic heterocycles. The fourth-order valence-corrected chi connectivity index (χ4v) is 1.94. The summed E-state index contributed by atoms with van der Waals surface area (Å²) in [5, 5.41) is 3.35. The minimum atomic E-state index is -0.331. The van der Waals surface area contributed by atoms with E-state index in [4.69, 9.17) is 16.3 Å². The van der Waals surface area contributed by atoms with Crippen LogP contribution in [-0.2, 0) is 6.54 Å². The van der Waals surface area contributed by atoms with E-state index in [1.54, 1.807) is 6.07 Å². The summed E-state index contributed by atoms with van der Waals surface area (Å²) in [6.45, 7) is 3.46. The summed E-state index contributed by atoms with van der Waals surface area (Å²) in [5.74, 6) is -0.0577. The van der Waals surface area contributed by atoms with E-state index in [9.17, 15) is 4.39 Å². The number of nitrogens with one attached hydrogen (secondary N) is 1. The van der Waals surface area contributed by atoms with Crippen molar-refractivity contribution in [3.8, 4) is 5.75 Å². The maximum Gasteiger partial charge on any atom is 0.165 e. The summed E-state index contributed by atoms with van der Waals surface area (Å²) in [6.07, 6.45) is 2.07. The quantitative estimate of drug-likeness (QED) is 0.759. The van der Waals surface area contributed by atoms with Crippen LogP contribution in [0.1, 0.15) is 25.3 Å². The molecule has 0 spiro atoms. The molecule has 0 bridgehead atoms. The normalized spacial score (nSPS) is 12.5. The van der Waals surface area contributed by atoms with Crippen molar-refractivity contribution >= 4 is 11.6 Å². The second kappa shape index (κ2) is 7.51. The lowest BCUT2D eigenvalue weighted by molar-refractivity contribution is 0.386. The third-order valence-electron chi connectivity index (χ3n) is 2.51. The number of halogens is 2. The lowest BCUT2D eigenvalue weighted by Crippen LogP contribution is -2.22. The molecular weight excluding hydrogens is 241 g/mol. The number of methoxy groups -OCH3 is 1. The van der Waals surface area contributed by atoms with Crippen LogP contribution in [0.4, 0.5) is 4.39 Å². The Balaban J connectivity index is 2.39. The van der Waals surface area contributed by atoms with Crippen molar-refractivity contribution < 1.29 is 9.13 Å². The molecule has 2 nitrogen and oxygen atoms in total. The minimum absolute atomic E-state index is 0.142. The van der Waals surface area contributed by atoms with E-state index in [1.165, 1.54) is 13.2 Å². The van der Waals surface area contributed by atoms with Crippen LogP contribution in [0, 0.1) is 5.82 Å². The van der Waals surface area contributed by atoms with Gasteiger partial charge in [-0.1, -0.05) is 19.4 Å². The Hall–Kier alpha value is -0.800. The van der Waals surface area contributed by atoms with Crippen LogP contribution in [0.25, 0.3) is 0 Å². The number of hydrogen-bond acceptors (Lipinski definition) is 2. The minimum Gasteiger partial charge on any atom is -0.494 e. The Morgan fingerprint density at radius 3 is 2.82 bits per heavy atom. The highest BCUT2D eigenvalue weighted by atomic mass is 35.5. The molecule has 1 unspecified atom stereocenters. The summed E-state index contributed by atoms with van der Waals surface area (Å²) in [4.78, 5) is 0. The van der Waals surface area contributed by atoms with Crippen molar-refractivity contribution in [1.29, 1.82) is 0 Å². The van der Waals surface area contributed by atoms with E-state index >= 15 is 0 Å². The van der Waals surface area contributed by atoms with Crippen LogP contribution in [0.2, 0.25) is 0 Å². The van der Waals surface area contributed by atoms with E-state index in [0.29, 0.717) is 6.54 Å². The lowest BCUT2D eigenvalue weighted by Gasteiger charge is -2.10. The zero-order chi connectivity index (χ0) is 12.7. The van der Waals surface area contributed by atoms with Gasteiger partial charge < -0.3 is 10.1 Å². The molecule has 0 heterocycles. The molecule has 0 fully saturated rings. The molecule has 0 saturated heterocycles. The van der Waals surface area contributed by atoms with Crippen LogP contribution in [-0.4, -0.2) is 19.0 Å². The first kappa shape index (κ1) is 14.3. The maximum atomic E-state index is 13.4. The van der Waals surface area contributed by atoms with Crippen molar-refractivity contribution in [2.75, 3.05) is 13.7 Å². The van der Waals surface area contributed by atoms with Gasteiger partial charge in [0.25, 0.3) is 0 Å². The third-order valence-corrected chi connectivity index (χ3v) is 2.89. The van der Waals surface area contributed by atoms with Gasteiger partial charge in [0.2, 0.25) is 0 Å². The molecule has 17 heavy (non-hydrogen) atoms. The van der Waals surface area contributed by atoms with Crippen LogP contribution in [0.3, 0.4) is 0 Å². The fourth-order valence-electron chi connectivity index (χ4n) is 1.61. The molecule has 1 N–H and O–H groups in total. The second-order valence-corrected chi connectivity index (χ2v) is 4.60. The van der Waals surface area contributed by atoms with Gasteiger partial charge in [0.1, 0.15) is 0 Å². The molecule has 1 aromatic carbocycles. The number of rotatable bonds is 7. The molecule has 0 aliphatic rings. The Labute approximate surface area is 107 Å². The fraction of sp³-hybridized carbons (Fsp3) is 0.538. The average Bonchev–Trinajstić information content (AvgIpc) is 2.29. The van der Waals surface area contributed by atoms with Crippen LogP contribution < -0.4 is 10.1 Å². The van der Waals surface area contributed by atoms with E-state index in [0.717, 1.165) is 24.9 Å². The van der Waals surface area contributed by atoms with E-state index in [2.05, 4.69) is 12.2 Å². The Bertz CT molecular complexity index is 346. The molecule has 1 atom stereocenters. The van der Waals surface area contributed by atoms with Crippen LogP contribution in [0.5, 0.6) is 5.75 Å². The molecule has 96 valence electrons. The maximum absolute atomic E-state index is 13.4. The number of alkyl halides is 1. The van der Waals surface area contributed by atoms with E-state index in [-0.39, 0.29) is 16.9 Å². The van der Waals surface area contributed by atoms with Gasteiger partial charge >= 0.3 is 0 Å². The van der Waals surface area contributed by atoms with Crippen molar-refractivity contribution in [1.82, 2.24) is 5.32 Å². The highest BCUT2D eigenvalue weighted by molar-refractivity contribution is 6.20. The lowest BCUT2D eigenvalue weighted by atomic mass is 10.2. The van der Waals surface area contributed by atoms with Crippen LogP contribution >= 0.6 is 11.6 Å². The summed E-state index contributed by atoms with van der Waals surface area (Å²) >= 11 is 6.07. The smallest absolute Gasteiger partial charge is 0.165 e. The first-order chi connectivity index (χ1) is 8.17. The van der Waals surface area contributed by atoms with Gasteiger partial charge in [-0.2, -0.15) is 0 Å². The molecule has 1 aromatic rings. The van der Waals surface area contributed by atoms with Gasteiger partial charge in [-0.25, -0.2) is 4.39 Å². The Morgan fingerprint density at radius 2 is 2.24 bits per heavy atom. The second-order valence-electron chi connectivity index (χ2n) is 3.99. The van der Waals surface area contributed by atoms with Crippen molar-refractivity contribution in [3.05, 3.63) is 29.6 Å². The van der Waals surface area contributed by atoms with Gasteiger partial charge in [0.15, 0.2) is 11.6 Å². The van der Waals surface area contributed by atoms with E-state index in [1.807, 2.05) is 6.07 Å². The predicted molar refractivity (Wildman–Crippen MR) is 69.2 cm³/mol. The highest BCUT2D eigenvalue weighted by Gasteiger charge is 2.05. The monoisotopic (exact) mass is 259 g/mol. The summed E-state index contributed by atoms with van der Waals surface area (Å²) in [5.41, 5.74) is 0.892. The number of benzene rings is 1. The first-order valence-electron chi connectivity index (χ1n) is 5.84. The van der Waals surface area contributed by atoms with Crippen LogP contribution in [0.15, 0.2) is 18.2 Å². The van der Waals surface area contributed by atoms with Crippen molar-refractivity contribution in [2.24, 2.45) is 0 Å². The predicted octanol–water partition coefficient (Wildman–Crippen LogP) is 3.33. The zero-order valence-electron chi connectivity index (χ0n) is 10.3. The molecule has 0 amide bonds. The highest BCUT2D eigenvalue weighted by Crippen LogP contribution is 2.17. The number of hydrogen-bond donors (Lipinski definition) is 1. The van der Waals surface area contributed by atoms with E-state index < -0.39 is 0 Å². The van der Waals surface area contributed by atoms with Gasteiger partial charge in [-0.3, -0.25) is 0 Å². The SMILES string of the molecule is CCCC(Cl)CNCc1ccc(OC)c(F)c1. The molecule has 4 heteroatoms. The van der Waals surface area contributed by atoms with Crippen molar-refractivity contribution in [3.63, 3.8) is 0 Å². The topological polar surface area (TPSA) is 21.3 Å². The molecule has 0 saturated carbocycles. The van der Waals surface area contributed by atoms with Gasteiger partial charge in [-0.05, 0) is 24.1 Å². The summed E-state index contributed by atoms with van der Waals surface area (Å²) in [6, 6.07) is 4.96. The molecule has 1 rings (SSSR count). The third kappa shape index (κ3) is 4.92. The molecule has 0 radical (unpaired) electrons. The van der Waals surface area contributed by atoms with Gasteiger partial charge in [-0.15, -0.1) is 11.6 Å². The number of ether oxygens (including phenoxy) is 1. The Kier molecular flexibility index (Phi) is 6.30. The zero-order valence-corrected chi connectivity index (χ0v) is 11.1. The standard InChI is InChI=1S/C13H19ClFNO/c1-3-4-11(14)9-16-8-10-5-6-13(17-2)12(15)7-10/h5-7,11,16H,3-4,8-9H2,1-2H3. The Morgan fingerprint density at radius 1 is 1.47 bits per heavy atom. The van der Waals surface area contributed by atoms with Gasteiger partial charge in [0, 0.05) is 18.5 Å². The summed E-state index contributed by atoms with van der Waals surface area (Å²) < 4.78 is 18.2. The first-order valence-corrected chi connectivity index (χ1v) is 6.28. The molecule has 0 aliphatic carbocycles. The van der Waals surface area contributed by atoms with Crippen molar-refractivity contribution in [2.45, 2.75) is 31.7 Å². The largest absolute Gasteiger partial charge is 0.494 e. The van der Waals surface area contributed by atoms with Gasteiger partial charge in [0.05, 0.1) is 7.11 Å². The molecular formula is C13H19ClFNO.